The Morgan fingerprint density at radius 3 is 2.37 bits per heavy atom. The van der Waals surface area contributed by atoms with Crippen molar-refractivity contribution in [3.63, 3.8) is 0 Å². The van der Waals surface area contributed by atoms with Crippen molar-refractivity contribution in [1.82, 2.24) is 5.32 Å². The summed E-state index contributed by atoms with van der Waals surface area (Å²) in [6.45, 7) is 2.41. The van der Waals surface area contributed by atoms with E-state index in [4.69, 9.17) is 5.26 Å². The lowest BCUT2D eigenvalue weighted by Gasteiger charge is -2.23. The number of hydrogen-bond acceptors (Lipinski definition) is 4. The van der Waals surface area contributed by atoms with Crippen molar-refractivity contribution in [3.05, 3.63) is 28.7 Å². The van der Waals surface area contributed by atoms with Crippen LogP contribution in [0.2, 0.25) is 0 Å². The quantitative estimate of drug-likeness (QED) is 0.841. The number of sulfone groups is 1. The summed E-state index contributed by atoms with van der Waals surface area (Å²) in [5.74, 6) is -0.697. The summed E-state index contributed by atoms with van der Waals surface area (Å²) in [4.78, 5) is 11.9. The maximum Gasteiger partial charge on any atom is 0.242 e. The van der Waals surface area contributed by atoms with E-state index >= 15 is 0 Å². The van der Waals surface area contributed by atoms with Crippen LogP contribution in [0.1, 0.15) is 13.8 Å². The summed E-state index contributed by atoms with van der Waals surface area (Å²) in [5, 5.41) is 10.7. The Morgan fingerprint density at radius 2 is 1.89 bits per heavy atom. The van der Waals surface area contributed by atoms with Crippen molar-refractivity contribution in [2.75, 3.05) is 6.54 Å². The molecule has 1 aromatic carbocycles. The highest BCUT2D eigenvalue weighted by Crippen LogP contribution is 2.26. The van der Waals surface area contributed by atoms with Gasteiger partial charge in [0.1, 0.15) is 11.3 Å². The molecular formula is C12H13BrN2O3S. The fourth-order valence-electron chi connectivity index (χ4n) is 1.36. The molecule has 0 radical (unpaired) electrons. The molecule has 1 aromatic rings. The molecule has 0 saturated heterocycles. The van der Waals surface area contributed by atoms with Crippen LogP contribution in [0, 0.1) is 11.3 Å². The van der Waals surface area contributed by atoms with Gasteiger partial charge in [-0.1, -0.05) is 15.9 Å². The number of benzene rings is 1. The molecule has 0 unspecified atom stereocenters. The first-order valence-corrected chi connectivity index (χ1v) is 7.66. The Bertz CT molecular complexity index is 615. The van der Waals surface area contributed by atoms with E-state index in [0.717, 1.165) is 4.47 Å². The number of halogens is 1. The summed E-state index contributed by atoms with van der Waals surface area (Å²) < 4.78 is 23.9. The molecule has 0 aliphatic rings. The van der Waals surface area contributed by atoms with E-state index in [-0.39, 0.29) is 11.4 Å². The third kappa shape index (κ3) is 3.14. The first-order valence-electron chi connectivity index (χ1n) is 5.39. The molecule has 0 aliphatic heterocycles. The first kappa shape index (κ1) is 15.7. The normalized spacial score (nSPS) is 11.7. The van der Waals surface area contributed by atoms with Crippen molar-refractivity contribution >= 4 is 31.7 Å². The van der Waals surface area contributed by atoms with Gasteiger partial charge < -0.3 is 5.32 Å². The second kappa shape index (κ2) is 5.72. The van der Waals surface area contributed by atoms with E-state index < -0.39 is 20.5 Å². The number of amides is 1. The first-order chi connectivity index (χ1) is 8.73. The van der Waals surface area contributed by atoms with Gasteiger partial charge in [-0.25, -0.2) is 8.42 Å². The predicted octanol–water partition coefficient (Wildman–Crippen LogP) is 1.64. The van der Waals surface area contributed by atoms with E-state index in [2.05, 4.69) is 21.2 Å². The van der Waals surface area contributed by atoms with Gasteiger partial charge in [-0.05, 0) is 38.1 Å². The number of nitrogens with zero attached hydrogens (tertiary/aromatic N) is 1. The lowest BCUT2D eigenvalue weighted by atomic mass is 10.2. The number of carbonyl (C=O) groups excluding carboxylic acids is 1. The molecule has 5 nitrogen and oxygen atoms in total. The van der Waals surface area contributed by atoms with Crippen LogP contribution in [0.15, 0.2) is 33.6 Å². The van der Waals surface area contributed by atoms with Gasteiger partial charge in [-0.3, -0.25) is 4.79 Å². The van der Waals surface area contributed by atoms with Crippen LogP contribution < -0.4 is 5.32 Å². The zero-order valence-corrected chi connectivity index (χ0v) is 12.9. The minimum absolute atomic E-state index is 0.0628. The lowest BCUT2D eigenvalue weighted by Crippen LogP contribution is -2.48. The molecule has 0 atom stereocenters. The average molecular weight is 345 g/mol. The third-order valence-corrected chi connectivity index (χ3v) is 5.62. The van der Waals surface area contributed by atoms with Gasteiger partial charge in [0.05, 0.1) is 11.0 Å². The summed E-state index contributed by atoms with van der Waals surface area (Å²) in [7, 11) is -3.83. The van der Waals surface area contributed by atoms with Crippen LogP contribution in [0.4, 0.5) is 0 Å². The monoisotopic (exact) mass is 344 g/mol. The Balaban J connectivity index is 3.15. The van der Waals surface area contributed by atoms with Crippen molar-refractivity contribution in [2.24, 2.45) is 0 Å². The van der Waals surface area contributed by atoms with Crippen molar-refractivity contribution < 1.29 is 13.2 Å². The van der Waals surface area contributed by atoms with E-state index in [1.54, 1.807) is 18.2 Å². The molecule has 0 aromatic heterocycles. The zero-order valence-electron chi connectivity index (χ0n) is 10.5. The molecule has 7 heteroatoms. The van der Waals surface area contributed by atoms with E-state index in [1.165, 1.54) is 26.0 Å². The van der Waals surface area contributed by atoms with E-state index in [1.807, 2.05) is 0 Å². The van der Waals surface area contributed by atoms with Crippen LogP contribution in [0.5, 0.6) is 0 Å². The van der Waals surface area contributed by atoms with Gasteiger partial charge in [0.2, 0.25) is 5.91 Å². The van der Waals surface area contributed by atoms with E-state index in [0.29, 0.717) is 0 Å². The second-order valence-electron chi connectivity index (χ2n) is 4.31. The number of hydrogen-bond donors (Lipinski definition) is 1. The van der Waals surface area contributed by atoms with Crippen LogP contribution in [-0.2, 0) is 14.6 Å². The largest absolute Gasteiger partial charge is 0.342 e. The zero-order chi connectivity index (χ0) is 14.7. The molecule has 19 heavy (non-hydrogen) atoms. The maximum absolute atomic E-state index is 12.4. The number of rotatable bonds is 4. The summed E-state index contributed by atoms with van der Waals surface area (Å²) in [6.07, 6.45) is 0. The highest BCUT2D eigenvalue weighted by molar-refractivity contribution is 9.10. The highest BCUT2D eigenvalue weighted by atomic mass is 79.9. The molecular weight excluding hydrogens is 332 g/mol. The van der Waals surface area contributed by atoms with Crippen molar-refractivity contribution in [2.45, 2.75) is 23.5 Å². The van der Waals surface area contributed by atoms with Gasteiger partial charge in [-0.2, -0.15) is 5.26 Å². The lowest BCUT2D eigenvalue weighted by molar-refractivity contribution is -0.122. The Hall–Kier alpha value is -1.39. The molecule has 0 spiro atoms. The van der Waals surface area contributed by atoms with Crippen molar-refractivity contribution in [1.29, 1.82) is 5.26 Å². The molecule has 1 N–H and O–H groups in total. The molecule has 1 rings (SSSR count). The minimum Gasteiger partial charge on any atom is -0.342 e. The summed E-state index contributed by atoms with van der Waals surface area (Å²) in [6, 6.07) is 7.78. The summed E-state index contributed by atoms with van der Waals surface area (Å²) >= 11 is 3.22. The fraction of sp³-hybridized carbons (Fsp3) is 0.333. The van der Waals surface area contributed by atoms with Crippen LogP contribution in [-0.4, -0.2) is 25.6 Å². The predicted molar refractivity (Wildman–Crippen MR) is 74.0 cm³/mol. The van der Waals surface area contributed by atoms with Gasteiger partial charge in [0.25, 0.3) is 0 Å². The Kier molecular flexibility index (Phi) is 4.71. The van der Waals surface area contributed by atoms with Crippen molar-refractivity contribution in [3.8, 4) is 6.07 Å². The van der Waals surface area contributed by atoms with Gasteiger partial charge in [0, 0.05) is 4.47 Å². The standard InChI is InChI=1S/C12H13BrN2O3S/c1-12(2,11(16)15-8-7-14)19(17,18)10-5-3-9(13)4-6-10/h3-6H,8H2,1-2H3,(H,15,16). The van der Waals surface area contributed by atoms with Gasteiger partial charge in [-0.15, -0.1) is 0 Å². The third-order valence-electron chi connectivity index (χ3n) is 2.67. The topological polar surface area (TPSA) is 87.0 Å². The molecule has 102 valence electrons. The number of nitrogens with one attached hydrogen (secondary N) is 1. The molecule has 0 heterocycles. The molecule has 0 bridgehead atoms. The molecule has 1 amide bonds. The smallest absolute Gasteiger partial charge is 0.242 e. The number of carbonyl (C=O) groups is 1. The minimum atomic E-state index is -3.83. The second-order valence-corrected chi connectivity index (χ2v) is 7.72. The molecule has 0 fully saturated rings. The maximum atomic E-state index is 12.4. The number of nitriles is 1. The molecule has 0 saturated carbocycles. The van der Waals surface area contributed by atoms with Gasteiger partial charge in [0.15, 0.2) is 9.84 Å². The Labute approximate surface area is 120 Å². The van der Waals surface area contributed by atoms with E-state index in [9.17, 15) is 13.2 Å². The average Bonchev–Trinajstić information content (AvgIpc) is 2.36. The van der Waals surface area contributed by atoms with Crippen LogP contribution in [0.3, 0.4) is 0 Å². The highest BCUT2D eigenvalue weighted by Gasteiger charge is 2.42. The fourth-order valence-corrected chi connectivity index (χ4v) is 3.03. The SMILES string of the molecule is CC(C)(C(=O)NCC#N)S(=O)(=O)c1ccc(Br)cc1. The summed E-state index contributed by atoms with van der Waals surface area (Å²) in [5.41, 5.74) is 0. The van der Waals surface area contributed by atoms with Crippen LogP contribution in [0.25, 0.3) is 0 Å². The van der Waals surface area contributed by atoms with Crippen LogP contribution >= 0.6 is 15.9 Å². The Morgan fingerprint density at radius 1 is 1.37 bits per heavy atom. The van der Waals surface area contributed by atoms with Gasteiger partial charge >= 0.3 is 0 Å². The molecule has 0 aliphatic carbocycles.